The highest BCUT2D eigenvalue weighted by Crippen LogP contribution is 2.30. The molecule has 7 heteroatoms. The maximum absolute atomic E-state index is 10.6. The van der Waals surface area contributed by atoms with Crippen LogP contribution in [0.15, 0.2) is 46.3 Å². The fraction of sp³-hybridized carbons (Fsp3) is 0. The first kappa shape index (κ1) is 12.7. The Balaban J connectivity index is 2.22. The van der Waals surface area contributed by atoms with Crippen LogP contribution >= 0.6 is 23.4 Å². The number of anilines is 1. The van der Waals surface area contributed by atoms with Crippen LogP contribution in [0.2, 0.25) is 5.02 Å². The molecule has 0 aliphatic carbocycles. The molecule has 2 aromatic rings. The van der Waals surface area contributed by atoms with Crippen molar-refractivity contribution in [3.8, 4) is 0 Å². The van der Waals surface area contributed by atoms with Gasteiger partial charge in [-0.25, -0.2) is 4.98 Å². The fourth-order valence-corrected chi connectivity index (χ4v) is 2.20. The van der Waals surface area contributed by atoms with Gasteiger partial charge >= 0.3 is 5.69 Å². The first-order valence-electron chi connectivity index (χ1n) is 4.90. The predicted octanol–water partition coefficient (Wildman–Crippen LogP) is 3.38. The Kier molecular flexibility index (Phi) is 3.69. The number of nitrogen functional groups attached to an aromatic ring is 1. The molecule has 0 saturated heterocycles. The highest BCUT2D eigenvalue weighted by atomic mass is 35.5. The van der Waals surface area contributed by atoms with Crippen molar-refractivity contribution >= 4 is 34.9 Å². The lowest BCUT2D eigenvalue weighted by molar-refractivity contribution is -0.384. The molecular formula is C11H8ClN3O2S. The third kappa shape index (κ3) is 2.91. The van der Waals surface area contributed by atoms with Crippen LogP contribution in [0, 0.1) is 10.1 Å². The third-order valence-corrected chi connectivity index (χ3v) is 3.31. The maximum atomic E-state index is 10.6. The molecule has 0 radical (unpaired) electrons. The standard InChI is InChI=1S/C11H8ClN3O2S/c12-7-1-3-8(4-2-7)18-10-6-5-9(15(16)17)11(13)14-10/h1-6H,(H2,13,14). The topological polar surface area (TPSA) is 82.0 Å². The first-order valence-corrected chi connectivity index (χ1v) is 6.10. The van der Waals surface area contributed by atoms with Gasteiger partial charge < -0.3 is 5.73 Å². The van der Waals surface area contributed by atoms with Crippen LogP contribution in [-0.2, 0) is 0 Å². The second kappa shape index (κ2) is 5.24. The molecule has 5 nitrogen and oxygen atoms in total. The predicted molar refractivity (Wildman–Crippen MR) is 70.9 cm³/mol. The number of hydrogen-bond donors (Lipinski definition) is 1. The number of pyridine rings is 1. The molecule has 1 aromatic heterocycles. The summed E-state index contributed by atoms with van der Waals surface area (Å²) in [5.41, 5.74) is 5.33. The van der Waals surface area contributed by atoms with E-state index in [2.05, 4.69) is 4.98 Å². The van der Waals surface area contributed by atoms with Gasteiger partial charge in [-0.05, 0) is 30.3 Å². The Morgan fingerprint density at radius 2 is 1.89 bits per heavy atom. The van der Waals surface area contributed by atoms with Gasteiger partial charge in [-0.1, -0.05) is 23.4 Å². The minimum atomic E-state index is -0.556. The van der Waals surface area contributed by atoms with E-state index in [0.29, 0.717) is 10.0 Å². The van der Waals surface area contributed by atoms with Crippen molar-refractivity contribution in [1.29, 1.82) is 0 Å². The lowest BCUT2D eigenvalue weighted by atomic mass is 10.4. The lowest BCUT2D eigenvalue weighted by Crippen LogP contribution is -1.98. The van der Waals surface area contributed by atoms with Crippen molar-refractivity contribution in [2.75, 3.05) is 5.73 Å². The number of nitrogens with zero attached hydrogens (tertiary/aromatic N) is 2. The Bertz CT molecular complexity index is 589. The van der Waals surface area contributed by atoms with Crippen molar-refractivity contribution in [2.24, 2.45) is 0 Å². The van der Waals surface area contributed by atoms with E-state index >= 15 is 0 Å². The van der Waals surface area contributed by atoms with E-state index in [9.17, 15) is 10.1 Å². The van der Waals surface area contributed by atoms with Gasteiger partial charge in [0.15, 0.2) is 0 Å². The van der Waals surface area contributed by atoms with Crippen LogP contribution in [0.5, 0.6) is 0 Å². The summed E-state index contributed by atoms with van der Waals surface area (Å²) in [6.45, 7) is 0. The number of nitrogens with two attached hydrogens (primary N) is 1. The van der Waals surface area contributed by atoms with Crippen LogP contribution < -0.4 is 5.73 Å². The SMILES string of the molecule is Nc1nc(Sc2ccc(Cl)cc2)ccc1[N+](=O)[O-]. The molecule has 1 aromatic carbocycles. The van der Waals surface area contributed by atoms with Crippen LogP contribution in [0.4, 0.5) is 11.5 Å². The molecule has 0 saturated carbocycles. The van der Waals surface area contributed by atoms with E-state index in [1.165, 1.54) is 17.8 Å². The molecule has 0 atom stereocenters. The summed E-state index contributed by atoms with van der Waals surface area (Å²) in [6, 6.07) is 10.1. The third-order valence-electron chi connectivity index (χ3n) is 2.11. The quantitative estimate of drug-likeness (QED) is 0.689. The zero-order valence-electron chi connectivity index (χ0n) is 9.04. The Morgan fingerprint density at radius 1 is 1.22 bits per heavy atom. The van der Waals surface area contributed by atoms with Gasteiger partial charge in [0.1, 0.15) is 5.03 Å². The second-order valence-electron chi connectivity index (χ2n) is 3.37. The first-order chi connectivity index (χ1) is 8.56. The van der Waals surface area contributed by atoms with Crippen molar-refractivity contribution in [1.82, 2.24) is 4.98 Å². The van der Waals surface area contributed by atoms with Crippen LogP contribution in [-0.4, -0.2) is 9.91 Å². The number of halogens is 1. The van der Waals surface area contributed by atoms with Gasteiger partial charge in [0, 0.05) is 16.0 Å². The van der Waals surface area contributed by atoms with Crippen LogP contribution in [0.3, 0.4) is 0 Å². The molecule has 0 aliphatic heterocycles. The minimum absolute atomic E-state index is 0.0843. The van der Waals surface area contributed by atoms with Crippen LogP contribution in [0.25, 0.3) is 0 Å². The molecule has 2 N–H and O–H groups in total. The summed E-state index contributed by atoms with van der Waals surface area (Å²) < 4.78 is 0. The molecule has 0 amide bonds. The van der Waals surface area contributed by atoms with Crippen molar-refractivity contribution in [3.63, 3.8) is 0 Å². The summed E-state index contributed by atoms with van der Waals surface area (Å²) in [6.07, 6.45) is 0. The van der Waals surface area contributed by atoms with E-state index in [-0.39, 0.29) is 11.5 Å². The highest BCUT2D eigenvalue weighted by molar-refractivity contribution is 7.99. The second-order valence-corrected chi connectivity index (χ2v) is 4.90. The number of hydrogen-bond acceptors (Lipinski definition) is 5. The number of rotatable bonds is 3. The van der Waals surface area contributed by atoms with E-state index in [0.717, 1.165) is 4.90 Å². The lowest BCUT2D eigenvalue weighted by Gasteiger charge is -2.02. The smallest absolute Gasteiger partial charge is 0.311 e. The largest absolute Gasteiger partial charge is 0.378 e. The molecule has 2 rings (SSSR count). The highest BCUT2D eigenvalue weighted by Gasteiger charge is 2.13. The Morgan fingerprint density at radius 3 is 2.44 bits per heavy atom. The summed E-state index contributed by atoms with van der Waals surface area (Å²) in [4.78, 5) is 14.9. The summed E-state index contributed by atoms with van der Waals surface area (Å²) in [5, 5.41) is 11.8. The zero-order valence-corrected chi connectivity index (χ0v) is 10.6. The molecule has 0 fully saturated rings. The average molecular weight is 282 g/mol. The Hall–Kier alpha value is -1.79. The average Bonchev–Trinajstić information content (AvgIpc) is 2.32. The number of aromatic nitrogens is 1. The summed E-state index contributed by atoms with van der Waals surface area (Å²) in [7, 11) is 0. The normalized spacial score (nSPS) is 10.3. The van der Waals surface area contributed by atoms with Gasteiger partial charge in [0.05, 0.1) is 4.92 Å². The Labute approximate surface area is 112 Å². The van der Waals surface area contributed by atoms with E-state index in [1.807, 2.05) is 12.1 Å². The minimum Gasteiger partial charge on any atom is -0.378 e. The van der Waals surface area contributed by atoms with E-state index < -0.39 is 4.92 Å². The fourth-order valence-electron chi connectivity index (χ4n) is 1.28. The number of nitro groups is 1. The molecular weight excluding hydrogens is 274 g/mol. The zero-order chi connectivity index (χ0) is 13.1. The maximum Gasteiger partial charge on any atom is 0.311 e. The van der Waals surface area contributed by atoms with Crippen molar-refractivity contribution in [2.45, 2.75) is 9.92 Å². The van der Waals surface area contributed by atoms with Gasteiger partial charge in [-0.3, -0.25) is 10.1 Å². The molecule has 0 aliphatic rings. The molecule has 1 heterocycles. The van der Waals surface area contributed by atoms with Gasteiger partial charge in [0.2, 0.25) is 5.82 Å². The van der Waals surface area contributed by atoms with E-state index in [4.69, 9.17) is 17.3 Å². The molecule has 0 unspecified atom stereocenters. The van der Waals surface area contributed by atoms with E-state index in [1.54, 1.807) is 18.2 Å². The van der Waals surface area contributed by atoms with Gasteiger partial charge in [-0.2, -0.15) is 0 Å². The molecule has 0 bridgehead atoms. The molecule has 0 spiro atoms. The van der Waals surface area contributed by atoms with Gasteiger partial charge in [-0.15, -0.1) is 0 Å². The molecule has 18 heavy (non-hydrogen) atoms. The summed E-state index contributed by atoms with van der Waals surface area (Å²) in [5.74, 6) is -0.0843. The van der Waals surface area contributed by atoms with Gasteiger partial charge in [0.25, 0.3) is 0 Å². The molecule has 92 valence electrons. The van der Waals surface area contributed by atoms with Crippen LogP contribution in [0.1, 0.15) is 0 Å². The number of benzene rings is 1. The monoisotopic (exact) mass is 281 g/mol. The van der Waals surface area contributed by atoms with Crippen molar-refractivity contribution < 1.29 is 4.92 Å². The van der Waals surface area contributed by atoms with Crippen molar-refractivity contribution in [3.05, 3.63) is 51.5 Å². The summed E-state index contributed by atoms with van der Waals surface area (Å²) >= 11 is 7.13.